The Morgan fingerprint density at radius 1 is 1.26 bits per heavy atom. The summed E-state index contributed by atoms with van der Waals surface area (Å²) in [5.74, 6) is -0.441. The van der Waals surface area contributed by atoms with Crippen molar-refractivity contribution in [1.82, 2.24) is 0 Å². The summed E-state index contributed by atoms with van der Waals surface area (Å²) in [4.78, 5) is 11.4. The Balaban J connectivity index is 5.53. The average molecular weight is 264 g/mol. The van der Waals surface area contributed by atoms with Gasteiger partial charge >= 0.3 is 5.97 Å². The van der Waals surface area contributed by atoms with E-state index in [1.165, 1.54) is 5.57 Å². The molecule has 0 saturated heterocycles. The zero-order valence-electron chi connectivity index (χ0n) is 13.0. The van der Waals surface area contributed by atoms with Gasteiger partial charge in [0.25, 0.3) is 0 Å². The summed E-state index contributed by atoms with van der Waals surface area (Å²) in [7, 11) is 0. The molecule has 0 amide bonds. The maximum Gasteiger partial charge on any atom is 0.335 e. The third-order valence-electron chi connectivity index (χ3n) is 3.25. The number of carboxylic acids is 1. The first-order valence-corrected chi connectivity index (χ1v) is 7.28. The van der Waals surface area contributed by atoms with Crippen LogP contribution >= 0.6 is 0 Å². The second kappa shape index (κ2) is 9.60. The molecule has 1 unspecified atom stereocenters. The van der Waals surface area contributed by atoms with Gasteiger partial charge in [-0.3, -0.25) is 0 Å². The number of carboxylic acid groups (broad SMARTS) is 1. The second-order valence-electron chi connectivity index (χ2n) is 5.06. The van der Waals surface area contributed by atoms with E-state index in [1.807, 2.05) is 19.1 Å². The summed E-state index contributed by atoms with van der Waals surface area (Å²) < 4.78 is 0. The average Bonchev–Trinajstić information content (AvgIpc) is 2.38. The van der Waals surface area contributed by atoms with Gasteiger partial charge in [-0.15, -0.1) is 0 Å². The standard InChI is InChI=1S/C17H28O2/c1-6-9-10-16(17(18)19)15(11-13(4)7-2)12-14(5)8-3/h10-13H,6-9H2,1-5H3,(H,18,19)/b14-12+,15-11?,16-10+. The smallest absolute Gasteiger partial charge is 0.335 e. The Kier molecular flexibility index (Phi) is 8.94. The van der Waals surface area contributed by atoms with Crippen LogP contribution in [-0.4, -0.2) is 11.1 Å². The van der Waals surface area contributed by atoms with Crippen molar-refractivity contribution in [1.29, 1.82) is 0 Å². The zero-order chi connectivity index (χ0) is 14.8. The van der Waals surface area contributed by atoms with Crippen LogP contribution in [0.25, 0.3) is 0 Å². The first-order valence-electron chi connectivity index (χ1n) is 7.28. The Hall–Kier alpha value is -1.31. The topological polar surface area (TPSA) is 37.3 Å². The monoisotopic (exact) mass is 264 g/mol. The van der Waals surface area contributed by atoms with Gasteiger partial charge in [-0.1, -0.05) is 64.3 Å². The molecule has 1 atom stereocenters. The van der Waals surface area contributed by atoms with E-state index in [-0.39, 0.29) is 0 Å². The van der Waals surface area contributed by atoms with Crippen LogP contribution in [0.15, 0.2) is 34.9 Å². The fourth-order valence-corrected chi connectivity index (χ4v) is 1.62. The molecule has 0 aliphatic carbocycles. The van der Waals surface area contributed by atoms with E-state index < -0.39 is 5.97 Å². The summed E-state index contributed by atoms with van der Waals surface area (Å²) in [6.07, 6.45) is 9.66. The van der Waals surface area contributed by atoms with Crippen molar-refractivity contribution in [3.05, 3.63) is 34.9 Å². The molecule has 0 aromatic carbocycles. The fraction of sp³-hybridized carbons (Fsp3) is 0.588. The molecule has 2 heteroatoms. The predicted molar refractivity (Wildman–Crippen MR) is 82.2 cm³/mol. The molecular weight excluding hydrogens is 236 g/mol. The van der Waals surface area contributed by atoms with Gasteiger partial charge in [0.2, 0.25) is 0 Å². The minimum atomic E-state index is -0.830. The highest BCUT2D eigenvalue weighted by atomic mass is 16.4. The molecular formula is C17H28O2. The first-order chi connectivity index (χ1) is 8.96. The number of unbranched alkanes of at least 4 members (excludes halogenated alkanes) is 1. The third kappa shape index (κ3) is 7.00. The van der Waals surface area contributed by atoms with Gasteiger partial charge in [-0.05, 0) is 31.3 Å². The first kappa shape index (κ1) is 17.7. The van der Waals surface area contributed by atoms with E-state index in [2.05, 4.69) is 33.8 Å². The van der Waals surface area contributed by atoms with Crippen LogP contribution in [0.1, 0.15) is 60.3 Å². The largest absolute Gasteiger partial charge is 0.478 e. The molecule has 0 aliphatic rings. The van der Waals surface area contributed by atoms with Gasteiger partial charge in [-0.2, -0.15) is 0 Å². The highest BCUT2D eigenvalue weighted by molar-refractivity contribution is 5.92. The highest BCUT2D eigenvalue weighted by Gasteiger charge is 2.12. The van der Waals surface area contributed by atoms with E-state index in [9.17, 15) is 9.90 Å². The lowest BCUT2D eigenvalue weighted by molar-refractivity contribution is -0.132. The van der Waals surface area contributed by atoms with Crippen LogP contribution in [0.4, 0.5) is 0 Å². The molecule has 0 rings (SSSR count). The van der Waals surface area contributed by atoms with E-state index in [1.54, 1.807) is 0 Å². The molecule has 0 saturated carbocycles. The van der Waals surface area contributed by atoms with Crippen LogP contribution in [0.3, 0.4) is 0 Å². The Labute approximate surface area is 117 Å². The molecule has 0 radical (unpaired) electrons. The minimum Gasteiger partial charge on any atom is -0.478 e. The van der Waals surface area contributed by atoms with Crippen molar-refractivity contribution < 1.29 is 9.90 Å². The van der Waals surface area contributed by atoms with Crippen LogP contribution < -0.4 is 0 Å². The fourth-order valence-electron chi connectivity index (χ4n) is 1.62. The molecule has 19 heavy (non-hydrogen) atoms. The maximum absolute atomic E-state index is 11.4. The van der Waals surface area contributed by atoms with Gasteiger partial charge in [-0.25, -0.2) is 4.79 Å². The molecule has 0 fully saturated rings. The van der Waals surface area contributed by atoms with Crippen LogP contribution in [0.2, 0.25) is 0 Å². The number of allylic oxidation sites excluding steroid dienone is 4. The number of hydrogen-bond donors (Lipinski definition) is 1. The van der Waals surface area contributed by atoms with Gasteiger partial charge < -0.3 is 5.11 Å². The Morgan fingerprint density at radius 2 is 1.89 bits per heavy atom. The van der Waals surface area contributed by atoms with E-state index in [4.69, 9.17) is 0 Å². The lowest BCUT2D eigenvalue weighted by Crippen LogP contribution is -2.05. The van der Waals surface area contributed by atoms with Crippen molar-refractivity contribution in [3.8, 4) is 0 Å². The van der Waals surface area contributed by atoms with Gasteiger partial charge in [0, 0.05) is 0 Å². The number of rotatable bonds is 8. The summed E-state index contributed by atoms with van der Waals surface area (Å²) in [6, 6.07) is 0. The maximum atomic E-state index is 11.4. The molecule has 0 heterocycles. The molecule has 2 nitrogen and oxygen atoms in total. The Bertz CT molecular complexity index is 373. The van der Waals surface area contributed by atoms with E-state index in [0.29, 0.717) is 11.5 Å². The molecule has 0 bridgehead atoms. The number of hydrogen-bond acceptors (Lipinski definition) is 1. The van der Waals surface area contributed by atoms with Crippen LogP contribution in [0, 0.1) is 5.92 Å². The molecule has 0 aromatic rings. The van der Waals surface area contributed by atoms with E-state index in [0.717, 1.165) is 31.3 Å². The zero-order valence-corrected chi connectivity index (χ0v) is 13.0. The van der Waals surface area contributed by atoms with Crippen LogP contribution in [0.5, 0.6) is 0 Å². The van der Waals surface area contributed by atoms with E-state index >= 15 is 0 Å². The number of carbonyl (C=O) groups is 1. The molecule has 0 aromatic heterocycles. The van der Waals surface area contributed by atoms with Crippen molar-refractivity contribution in [2.75, 3.05) is 0 Å². The minimum absolute atomic E-state index is 0.389. The van der Waals surface area contributed by atoms with Gasteiger partial charge in [0.1, 0.15) is 0 Å². The molecule has 0 aliphatic heterocycles. The molecule has 1 N–H and O–H groups in total. The van der Waals surface area contributed by atoms with Crippen molar-refractivity contribution in [2.24, 2.45) is 5.92 Å². The van der Waals surface area contributed by atoms with Gasteiger partial charge in [0.15, 0.2) is 0 Å². The summed E-state index contributed by atoms with van der Waals surface area (Å²) in [5.41, 5.74) is 2.50. The Morgan fingerprint density at radius 3 is 2.32 bits per heavy atom. The molecule has 0 spiro atoms. The quantitative estimate of drug-likeness (QED) is 0.487. The molecule has 108 valence electrons. The van der Waals surface area contributed by atoms with Crippen molar-refractivity contribution in [2.45, 2.75) is 60.3 Å². The lowest BCUT2D eigenvalue weighted by atomic mass is 9.96. The van der Waals surface area contributed by atoms with Crippen molar-refractivity contribution >= 4 is 5.97 Å². The van der Waals surface area contributed by atoms with Gasteiger partial charge in [0.05, 0.1) is 5.57 Å². The SMILES string of the molecule is CCC/C=C(/C(=O)O)C(=CC(C)CC)/C=C(\C)CC. The normalized spacial score (nSPS) is 15.5. The second-order valence-corrected chi connectivity index (χ2v) is 5.06. The van der Waals surface area contributed by atoms with Crippen LogP contribution in [-0.2, 0) is 4.79 Å². The predicted octanol–water partition coefficient (Wildman–Crippen LogP) is 5.13. The lowest BCUT2D eigenvalue weighted by Gasteiger charge is -2.09. The third-order valence-corrected chi connectivity index (χ3v) is 3.25. The summed E-state index contributed by atoms with van der Waals surface area (Å²) >= 11 is 0. The number of aliphatic carboxylic acids is 1. The van der Waals surface area contributed by atoms with Crippen molar-refractivity contribution in [3.63, 3.8) is 0 Å². The summed E-state index contributed by atoms with van der Waals surface area (Å²) in [6.45, 7) is 10.4. The highest BCUT2D eigenvalue weighted by Crippen LogP contribution is 2.20. The summed E-state index contributed by atoms with van der Waals surface area (Å²) in [5, 5.41) is 9.40.